The summed E-state index contributed by atoms with van der Waals surface area (Å²) < 4.78 is 20.9. The van der Waals surface area contributed by atoms with E-state index in [-0.39, 0.29) is 12.0 Å². The molecule has 1 saturated heterocycles. The molecular formula is C23H24N4O4S. The van der Waals surface area contributed by atoms with Gasteiger partial charge in [0.15, 0.2) is 0 Å². The van der Waals surface area contributed by atoms with E-state index in [2.05, 4.69) is 9.71 Å². The van der Waals surface area contributed by atoms with Crippen molar-refractivity contribution in [3.63, 3.8) is 0 Å². The minimum Gasteiger partial charge on any atom is -0.588 e. The molecule has 8 nitrogen and oxygen atoms in total. The van der Waals surface area contributed by atoms with Gasteiger partial charge in [0.1, 0.15) is 16.9 Å². The highest BCUT2D eigenvalue weighted by Gasteiger charge is 2.25. The lowest BCUT2D eigenvalue weighted by Crippen LogP contribution is -2.50. The fourth-order valence-electron chi connectivity index (χ4n) is 3.56. The second kappa shape index (κ2) is 9.88. The van der Waals surface area contributed by atoms with Gasteiger partial charge in [0.2, 0.25) is 4.90 Å². The number of carbonyl (C=O) groups excluding carboxylic acids is 2. The normalized spacial score (nSPS) is 14.8. The number of nitrogens with zero attached hydrogens (tertiary/aromatic N) is 3. The van der Waals surface area contributed by atoms with Crippen LogP contribution in [0.15, 0.2) is 65.7 Å². The SMILES string of the molecule is CCOC(=O)N1CCN(C(=O)c2ccc(N[S+]([O-])c3cccc4cccnc34)cc2)CC1. The quantitative estimate of drug-likeness (QED) is 0.597. The van der Waals surface area contributed by atoms with Crippen molar-refractivity contribution >= 4 is 40.0 Å². The van der Waals surface area contributed by atoms with Crippen molar-refractivity contribution in [1.29, 1.82) is 0 Å². The van der Waals surface area contributed by atoms with Gasteiger partial charge in [-0.2, -0.15) is 0 Å². The fraction of sp³-hybridized carbons (Fsp3) is 0.261. The number of carbonyl (C=O) groups is 2. The Hall–Kier alpha value is -3.30. The molecule has 2 heterocycles. The molecule has 0 aliphatic carbocycles. The Bertz CT molecular complexity index is 1100. The van der Waals surface area contributed by atoms with E-state index < -0.39 is 11.4 Å². The van der Waals surface area contributed by atoms with E-state index in [1.165, 1.54) is 0 Å². The fourth-order valence-corrected chi connectivity index (χ4v) is 4.57. The van der Waals surface area contributed by atoms with Crippen LogP contribution in [0.4, 0.5) is 10.5 Å². The van der Waals surface area contributed by atoms with Gasteiger partial charge >= 0.3 is 6.09 Å². The van der Waals surface area contributed by atoms with Crippen LogP contribution in [0.2, 0.25) is 0 Å². The third-order valence-electron chi connectivity index (χ3n) is 5.23. The largest absolute Gasteiger partial charge is 0.588 e. The molecule has 1 aliphatic heterocycles. The number of amides is 2. The number of anilines is 1. The summed E-state index contributed by atoms with van der Waals surface area (Å²) in [5.74, 6) is -0.0977. The van der Waals surface area contributed by atoms with E-state index in [4.69, 9.17) is 4.74 Å². The molecule has 1 atom stereocenters. The van der Waals surface area contributed by atoms with E-state index in [9.17, 15) is 14.1 Å². The molecule has 0 bridgehead atoms. The predicted molar refractivity (Wildman–Crippen MR) is 123 cm³/mol. The van der Waals surface area contributed by atoms with Gasteiger partial charge in [-0.15, -0.1) is 0 Å². The summed E-state index contributed by atoms with van der Waals surface area (Å²) in [7, 11) is 0. The molecule has 0 saturated carbocycles. The number of rotatable bonds is 5. The number of piperazine rings is 1. The van der Waals surface area contributed by atoms with Crippen LogP contribution >= 0.6 is 0 Å². The number of aromatic nitrogens is 1. The van der Waals surface area contributed by atoms with Gasteiger partial charge in [0.05, 0.1) is 12.3 Å². The Labute approximate surface area is 189 Å². The zero-order chi connectivity index (χ0) is 22.5. The molecular weight excluding hydrogens is 428 g/mol. The van der Waals surface area contributed by atoms with Crippen molar-refractivity contribution in [3.05, 3.63) is 66.4 Å². The van der Waals surface area contributed by atoms with Crippen molar-refractivity contribution < 1.29 is 18.9 Å². The minimum atomic E-state index is -1.50. The summed E-state index contributed by atoms with van der Waals surface area (Å²) in [6.07, 6.45) is 1.33. The first-order valence-electron chi connectivity index (χ1n) is 10.4. The second-order valence-corrected chi connectivity index (χ2v) is 8.44. The molecule has 1 aliphatic rings. The molecule has 3 aromatic rings. The number of ether oxygens (including phenoxy) is 1. The Morgan fingerprint density at radius 1 is 1.03 bits per heavy atom. The third kappa shape index (κ3) is 4.79. The van der Waals surface area contributed by atoms with Crippen molar-refractivity contribution in [2.45, 2.75) is 11.8 Å². The van der Waals surface area contributed by atoms with Crippen molar-refractivity contribution in [3.8, 4) is 0 Å². The van der Waals surface area contributed by atoms with Crippen LogP contribution in [-0.4, -0.2) is 64.1 Å². The first-order valence-corrected chi connectivity index (χ1v) is 11.5. The second-order valence-electron chi connectivity index (χ2n) is 7.26. The number of benzene rings is 2. The monoisotopic (exact) mass is 452 g/mol. The number of hydrogen-bond acceptors (Lipinski definition) is 6. The molecule has 166 valence electrons. The highest BCUT2D eigenvalue weighted by atomic mass is 32.2. The van der Waals surface area contributed by atoms with Crippen LogP contribution in [-0.2, 0) is 16.1 Å². The van der Waals surface area contributed by atoms with Gasteiger partial charge in [-0.3, -0.25) is 9.78 Å². The lowest BCUT2D eigenvalue weighted by Gasteiger charge is -2.34. The smallest absolute Gasteiger partial charge is 0.409 e. The molecule has 9 heteroatoms. The Kier molecular flexibility index (Phi) is 6.77. The summed E-state index contributed by atoms with van der Waals surface area (Å²) >= 11 is -1.50. The van der Waals surface area contributed by atoms with Gasteiger partial charge in [0.25, 0.3) is 5.91 Å². The van der Waals surface area contributed by atoms with Crippen LogP contribution < -0.4 is 4.72 Å². The van der Waals surface area contributed by atoms with E-state index >= 15 is 0 Å². The Morgan fingerprint density at radius 2 is 1.72 bits per heavy atom. The number of pyridine rings is 1. The number of para-hydroxylation sites is 1. The van der Waals surface area contributed by atoms with E-state index in [1.807, 2.05) is 24.3 Å². The first kappa shape index (κ1) is 21.9. The third-order valence-corrected chi connectivity index (χ3v) is 6.38. The van der Waals surface area contributed by atoms with Gasteiger partial charge in [-0.05, 0) is 43.3 Å². The topological polar surface area (TPSA) is 97.8 Å². The Balaban J connectivity index is 1.38. The summed E-state index contributed by atoms with van der Waals surface area (Å²) in [4.78, 5) is 32.9. The lowest BCUT2D eigenvalue weighted by atomic mass is 10.1. The zero-order valence-corrected chi connectivity index (χ0v) is 18.5. The predicted octanol–water partition coefficient (Wildman–Crippen LogP) is 3.28. The lowest BCUT2D eigenvalue weighted by molar-refractivity contribution is 0.0570. The molecule has 1 N–H and O–H groups in total. The van der Waals surface area contributed by atoms with E-state index in [0.717, 1.165) is 5.39 Å². The minimum absolute atomic E-state index is 0.0977. The zero-order valence-electron chi connectivity index (χ0n) is 17.7. The molecule has 32 heavy (non-hydrogen) atoms. The Morgan fingerprint density at radius 3 is 2.44 bits per heavy atom. The van der Waals surface area contributed by atoms with Gasteiger partial charge < -0.3 is 19.1 Å². The average molecular weight is 453 g/mol. The maximum absolute atomic E-state index is 12.9. The van der Waals surface area contributed by atoms with Crippen LogP contribution in [0.3, 0.4) is 0 Å². The van der Waals surface area contributed by atoms with Crippen molar-refractivity contribution in [2.75, 3.05) is 37.5 Å². The standard InChI is InChI=1S/C23H24N4O4S/c1-2-31-23(29)27-15-13-26(14-16-27)22(28)18-8-10-19(11-9-18)25-32(30)20-7-3-5-17-6-4-12-24-21(17)20/h3-12,25H,2,13-16H2,1H3. The summed E-state index contributed by atoms with van der Waals surface area (Å²) in [6, 6.07) is 16.2. The highest BCUT2D eigenvalue weighted by molar-refractivity contribution is 7.93. The van der Waals surface area contributed by atoms with Gasteiger partial charge in [-0.25, -0.2) is 9.52 Å². The molecule has 0 radical (unpaired) electrons. The number of fused-ring (bicyclic) bond motifs is 1. The highest BCUT2D eigenvalue weighted by Crippen LogP contribution is 2.23. The summed E-state index contributed by atoms with van der Waals surface area (Å²) in [5, 5.41) is 0.921. The molecule has 1 unspecified atom stereocenters. The maximum atomic E-state index is 12.9. The molecule has 4 rings (SSSR count). The number of hydrogen-bond donors (Lipinski definition) is 1. The molecule has 1 fully saturated rings. The molecule has 2 aromatic carbocycles. The maximum Gasteiger partial charge on any atom is 0.409 e. The summed E-state index contributed by atoms with van der Waals surface area (Å²) in [6.45, 7) is 3.90. The summed E-state index contributed by atoms with van der Waals surface area (Å²) in [5.41, 5.74) is 1.87. The molecule has 2 amide bonds. The van der Waals surface area contributed by atoms with E-state index in [0.29, 0.717) is 54.4 Å². The van der Waals surface area contributed by atoms with Crippen LogP contribution in [0.25, 0.3) is 10.9 Å². The van der Waals surface area contributed by atoms with Crippen LogP contribution in [0.1, 0.15) is 17.3 Å². The van der Waals surface area contributed by atoms with Gasteiger partial charge in [0, 0.05) is 43.3 Å². The van der Waals surface area contributed by atoms with Crippen LogP contribution in [0.5, 0.6) is 0 Å². The average Bonchev–Trinajstić information content (AvgIpc) is 2.84. The number of nitrogens with one attached hydrogen (secondary N) is 1. The molecule has 0 spiro atoms. The van der Waals surface area contributed by atoms with Crippen molar-refractivity contribution in [1.82, 2.24) is 14.8 Å². The van der Waals surface area contributed by atoms with Crippen molar-refractivity contribution in [2.24, 2.45) is 0 Å². The van der Waals surface area contributed by atoms with E-state index in [1.54, 1.807) is 53.3 Å². The van der Waals surface area contributed by atoms with Crippen LogP contribution in [0, 0.1) is 0 Å². The first-order chi connectivity index (χ1) is 15.6. The molecule has 1 aromatic heterocycles. The van der Waals surface area contributed by atoms with Gasteiger partial charge in [-0.1, -0.05) is 18.2 Å².